The Hall–Kier alpha value is -1.13. The lowest BCUT2D eigenvalue weighted by molar-refractivity contribution is 0.0885. The predicted octanol–water partition coefficient (Wildman–Crippen LogP) is 2.53. The van der Waals surface area contributed by atoms with Gasteiger partial charge in [-0.05, 0) is 31.5 Å². The summed E-state index contributed by atoms with van der Waals surface area (Å²) in [7, 11) is 1.78. The van der Waals surface area contributed by atoms with E-state index in [2.05, 4.69) is 19.2 Å². The number of halogens is 1. The van der Waals surface area contributed by atoms with E-state index in [4.69, 9.17) is 0 Å². The van der Waals surface area contributed by atoms with Crippen LogP contribution in [-0.4, -0.2) is 30.3 Å². The summed E-state index contributed by atoms with van der Waals surface area (Å²) in [6.07, 6.45) is 0. The fraction of sp³-hybridized carbons (Fsp3) is 0.600. The average molecular weight is 268 g/mol. The summed E-state index contributed by atoms with van der Waals surface area (Å²) in [5.41, 5.74) is 0.584. The molecule has 0 aromatic heterocycles. The van der Waals surface area contributed by atoms with Crippen LogP contribution in [0.5, 0.6) is 0 Å². The molecule has 0 atom stereocenters. The molecule has 0 saturated heterocycles. The predicted molar refractivity (Wildman–Crippen MR) is 77.9 cm³/mol. The SMILES string of the molecule is CC(C)NCc1ccc(N(C)CC(C)(C)O)c(F)c1. The van der Waals surface area contributed by atoms with E-state index >= 15 is 0 Å². The molecule has 2 N–H and O–H groups in total. The van der Waals surface area contributed by atoms with E-state index in [0.29, 0.717) is 24.8 Å². The second kappa shape index (κ2) is 6.35. The number of anilines is 1. The third-order valence-electron chi connectivity index (χ3n) is 2.76. The van der Waals surface area contributed by atoms with Gasteiger partial charge < -0.3 is 15.3 Å². The van der Waals surface area contributed by atoms with E-state index in [1.165, 1.54) is 0 Å². The summed E-state index contributed by atoms with van der Waals surface area (Å²) in [5.74, 6) is -0.255. The molecule has 0 amide bonds. The average Bonchev–Trinajstić information content (AvgIpc) is 2.23. The molecular formula is C15H25FN2O. The molecule has 1 aromatic rings. The first-order valence-corrected chi connectivity index (χ1v) is 6.64. The Balaban J connectivity index is 2.76. The van der Waals surface area contributed by atoms with Gasteiger partial charge in [0.05, 0.1) is 11.3 Å². The summed E-state index contributed by atoms with van der Waals surface area (Å²) in [4.78, 5) is 1.73. The molecule has 0 radical (unpaired) electrons. The van der Waals surface area contributed by atoms with Crippen molar-refractivity contribution in [2.75, 3.05) is 18.5 Å². The van der Waals surface area contributed by atoms with Crippen LogP contribution in [0, 0.1) is 5.82 Å². The number of nitrogens with one attached hydrogen (secondary N) is 1. The summed E-state index contributed by atoms with van der Waals surface area (Å²) >= 11 is 0. The quantitative estimate of drug-likeness (QED) is 0.832. The van der Waals surface area contributed by atoms with Crippen LogP contribution in [0.2, 0.25) is 0 Å². The summed E-state index contributed by atoms with van der Waals surface area (Å²) in [6.45, 7) is 8.58. The molecule has 0 spiro atoms. The van der Waals surface area contributed by atoms with Gasteiger partial charge in [-0.2, -0.15) is 0 Å². The topological polar surface area (TPSA) is 35.5 Å². The van der Waals surface area contributed by atoms with Gasteiger partial charge in [0, 0.05) is 26.2 Å². The maximum Gasteiger partial charge on any atom is 0.146 e. The smallest absolute Gasteiger partial charge is 0.146 e. The number of likely N-dealkylation sites (N-methyl/N-ethyl adjacent to an activating group) is 1. The van der Waals surface area contributed by atoms with Gasteiger partial charge >= 0.3 is 0 Å². The zero-order valence-electron chi connectivity index (χ0n) is 12.5. The van der Waals surface area contributed by atoms with Crippen molar-refractivity contribution in [2.45, 2.75) is 45.9 Å². The zero-order chi connectivity index (χ0) is 14.6. The Labute approximate surface area is 115 Å². The van der Waals surface area contributed by atoms with Gasteiger partial charge in [-0.25, -0.2) is 4.39 Å². The molecule has 0 unspecified atom stereocenters. The molecule has 3 nitrogen and oxygen atoms in total. The molecule has 0 fully saturated rings. The molecule has 0 aliphatic rings. The Morgan fingerprint density at radius 3 is 2.47 bits per heavy atom. The molecule has 0 bridgehead atoms. The second-order valence-electron chi connectivity index (χ2n) is 5.99. The van der Waals surface area contributed by atoms with Gasteiger partial charge in [0.1, 0.15) is 5.82 Å². The van der Waals surface area contributed by atoms with E-state index in [9.17, 15) is 9.50 Å². The number of aliphatic hydroxyl groups is 1. The number of hydrogen-bond donors (Lipinski definition) is 2. The lowest BCUT2D eigenvalue weighted by Gasteiger charge is -2.27. The number of benzene rings is 1. The van der Waals surface area contributed by atoms with Crippen molar-refractivity contribution < 1.29 is 9.50 Å². The molecule has 0 aliphatic carbocycles. The van der Waals surface area contributed by atoms with E-state index in [1.54, 1.807) is 37.9 Å². The Morgan fingerprint density at radius 1 is 1.37 bits per heavy atom. The van der Waals surface area contributed by atoms with Crippen molar-refractivity contribution in [3.05, 3.63) is 29.6 Å². The van der Waals surface area contributed by atoms with Crippen LogP contribution in [0.25, 0.3) is 0 Å². The standard InChI is InChI=1S/C15H25FN2O/c1-11(2)17-9-12-6-7-14(13(16)8-12)18(5)10-15(3,4)19/h6-8,11,17,19H,9-10H2,1-5H3. The first kappa shape index (κ1) is 15.9. The first-order valence-electron chi connectivity index (χ1n) is 6.64. The largest absolute Gasteiger partial charge is 0.389 e. The van der Waals surface area contributed by atoms with Crippen molar-refractivity contribution in [3.63, 3.8) is 0 Å². The highest BCUT2D eigenvalue weighted by molar-refractivity contribution is 5.48. The minimum atomic E-state index is -0.848. The van der Waals surface area contributed by atoms with Crippen LogP contribution in [0.1, 0.15) is 33.3 Å². The molecule has 4 heteroatoms. The third-order valence-corrected chi connectivity index (χ3v) is 2.76. The Kier molecular flexibility index (Phi) is 5.32. The molecule has 1 rings (SSSR count). The molecule has 0 aliphatic heterocycles. The van der Waals surface area contributed by atoms with Gasteiger partial charge in [-0.3, -0.25) is 0 Å². The van der Waals surface area contributed by atoms with Crippen molar-refractivity contribution in [3.8, 4) is 0 Å². The molecule has 108 valence electrons. The highest BCUT2D eigenvalue weighted by Gasteiger charge is 2.18. The molecule has 0 saturated carbocycles. The van der Waals surface area contributed by atoms with Crippen LogP contribution in [-0.2, 0) is 6.54 Å². The highest BCUT2D eigenvalue weighted by atomic mass is 19.1. The lowest BCUT2D eigenvalue weighted by Crippen LogP contribution is -2.36. The van der Waals surface area contributed by atoms with E-state index in [1.807, 2.05) is 6.07 Å². The minimum absolute atomic E-state index is 0.255. The van der Waals surface area contributed by atoms with Crippen molar-refractivity contribution >= 4 is 5.69 Å². The second-order valence-corrected chi connectivity index (χ2v) is 5.99. The summed E-state index contributed by atoms with van der Waals surface area (Å²) in [6, 6.07) is 5.60. The molecule has 19 heavy (non-hydrogen) atoms. The zero-order valence-corrected chi connectivity index (χ0v) is 12.5. The van der Waals surface area contributed by atoms with Crippen LogP contribution in [0.3, 0.4) is 0 Å². The third kappa shape index (κ3) is 5.57. The van der Waals surface area contributed by atoms with Crippen LogP contribution >= 0.6 is 0 Å². The minimum Gasteiger partial charge on any atom is -0.389 e. The van der Waals surface area contributed by atoms with Crippen LogP contribution in [0.4, 0.5) is 10.1 Å². The van der Waals surface area contributed by atoms with Crippen molar-refractivity contribution in [1.82, 2.24) is 5.32 Å². The maximum absolute atomic E-state index is 14.0. The van der Waals surface area contributed by atoms with E-state index in [-0.39, 0.29) is 5.82 Å². The summed E-state index contributed by atoms with van der Waals surface area (Å²) < 4.78 is 14.0. The highest BCUT2D eigenvalue weighted by Crippen LogP contribution is 2.21. The van der Waals surface area contributed by atoms with Gasteiger partial charge in [-0.15, -0.1) is 0 Å². The van der Waals surface area contributed by atoms with Crippen LogP contribution in [0.15, 0.2) is 18.2 Å². The van der Waals surface area contributed by atoms with Crippen LogP contribution < -0.4 is 10.2 Å². The Bertz CT molecular complexity index is 413. The molecular weight excluding hydrogens is 243 g/mol. The molecule has 1 aromatic carbocycles. The normalized spacial score (nSPS) is 12.0. The van der Waals surface area contributed by atoms with E-state index in [0.717, 1.165) is 5.56 Å². The molecule has 0 heterocycles. The van der Waals surface area contributed by atoms with Gasteiger partial charge in [-0.1, -0.05) is 19.9 Å². The fourth-order valence-corrected chi connectivity index (χ4v) is 1.96. The van der Waals surface area contributed by atoms with E-state index < -0.39 is 5.60 Å². The number of rotatable bonds is 6. The van der Waals surface area contributed by atoms with Gasteiger partial charge in [0.15, 0.2) is 0 Å². The van der Waals surface area contributed by atoms with Crippen molar-refractivity contribution in [2.24, 2.45) is 0 Å². The Morgan fingerprint density at radius 2 is 2.00 bits per heavy atom. The van der Waals surface area contributed by atoms with Gasteiger partial charge in [0.25, 0.3) is 0 Å². The van der Waals surface area contributed by atoms with Crippen molar-refractivity contribution in [1.29, 1.82) is 0 Å². The summed E-state index contributed by atoms with van der Waals surface area (Å²) in [5, 5.41) is 13.0. The lowest BCUT2D eigenvalue weighted by atomic mass is 10.1. The van der Waals surface area contributed by atoms with Gasteiger partial charge in [0.2, 0.25) is 0 Å². The number of hydrogen-bond acceptors (Lipinski definition) is 3. The monoisotopic (exact) mass is 268 g/mol. The maximum atomic E-state index is 14.0. The first-order chi connectivity index (χ1) is 8.69. The number of nitrogens with zero attached hydrogens (tertiary/aromatic N) is 1. The fourth-order valence-electron chi connectivity index (χ4n) is 1.96.